The van der Waals surface area contributed by atoms with Crippen LogP contribution in [0.1, 0.15) is 38.3 Å². The largest absolute Gasteiger partial charge is 0.275 e. The third kappa shape index (κ3) is 3.46. The van der Waals surface area contributed by atoms with Gasteiger partial charge in [0.05, 0.1) is 17.4 Å². The Hall–Kier alpha value is -2.95. The van der Waals surface area contributed by atoms with E-state index in [0.29, 0.717) is 5.41 Å². The van der Waals surface area contributed by atoms with Gasteiger partial charge in [-0.1, -0.05) is 38.0 Å². The van der Waals surface area contributed by atoms with Crippen LogP contribution in [0.4, 0.5) is 0 Å². The van der Waals surface area contributed by atoms with E-state index in [4.69, 9.17) is 4.98 Å². The Labute approximate surface area is 171 Å². The molecule has 0 aliphatic heterocycles. The number of rotatable bonds is 4. The Balaban J connectivity index is 1.54. The number of pyridine rings is 1. The third-order valence-corrected chi connectivity index (χ3v) is 6.23. The van der Waals surface area contributed by atoms with Crippen LogP contribution >= 0.6 is 0 Å². The molecule has 1 fully saturated rings. The van der Waals surface area contributed by atoms with Crippen LogP contribution in [0.2, 0.25) is 0 Å². The highest BCUT2D eigenvalue weighted by atomic mass is 15.3. The molecule has 3 heterocycles. The molecule has 0 atom stereocenters. The maximum absolute atomic E-state index is 4.89. The number of benzene rings is 1. The number of nitrogens with zero attached hydrogens (tertiary/aromatic N) is 5. The van der Waals surface area contributed by atoms with E-state index < -0.39 is 0 Å². The fraction of sp³-hybridized carbons (Fsp3) is 0.375. The van der Waals surface area contributed by atoms with E-state index in [1.54, 1.807) is 0 Å². The quantitative estimate of drug-likeness (QED) is 0.473. The van der Waals surface area contributed by atoms with Gasteiger partial charge in [0.25, 0.3) is 0 Å². The molecule has 3 aromatic heterocycles. The summed E-state index contributed by atoms with van der Waals surface area (Å²) in [6.45, 7) is 5.42. The summed E-state index contributed by atoms with van der Waals surface area (Å²) in [5.41, 5.74) is 6.69. The van der Waals surface area contributed by atoms with Crippen LogP contribution in [-0.4, -0.2) is 24.5 Å². The number of hydrogen-bond acceptors (Lipinski definition) is 3. The summed E-state index contributed by atoms with van der Waals surface area (Å²) in [5, 5.41) is 10.4. The summed E-state index contributed by atoms with van der Waals surface area (Å²) in [6, 6.07) is 10.6. The first-order valence-corrected chi connectivity index (χ1v) is 10.4. The zero-order valence-corrected chi connectivity index (χ0v) is 17.4. The fourth-order valence-corrected chi connectivity index (χ4v) is 4.66. The van der Waals surface area contributed by atoms with Gasteiger partial charge in [-0.25, -0.2) is 0 Å². The summed E-state index contributed by atoms with van der Waals surface area (Å²) in [6.07, 6.45) is 11.5. The molecule has 1 aliphatic carbocycles. The molecule has 0 N–H and O–H groups in total. The molecular formula is C24H27N5. The smallest absolute Gasteiger partial charge is 0.0929 e. The Kier molecular flexibility index (Phi) is 4.26. The predicted molar refractivity (Wildman–Crippen MR) is 116 cm³/mol. The van der Waals surface area contributed by atoms with Gasteiger partial charge in [0, 0.05) is 53.8 Å². The van der Waals surface area contributed by atoms with E-state index in [1.807, 2.05) is 31.0 Å². The first-order valence-electron chi connectivity index (χ1n) is 10.4. The highest BCUT2D eigenvalue weighted by molar-refractivity contribution is 5.87. The summed E-state index contributed by atoms with van der Waals surface area (Å²) in [4.78, 5) is 4.89. The highest BCUT2D eigenvalue weighted by Crippen LogP contribution is 2.39. The maximum Gasteiger partial charge on any atom is 0.0929 e. The van der Waals surface area contributed by atoms with Crippen molar-refractivity contribution in [2.75, 3.05) is 0 Å². The van der Waals surface area contributed by atoms with Gasteiger partial charge in [-0.15, -0.1) is 0 Å². The number of hydrogen-bond donors (Lipinski definition) is 0. The molecule has 1 aliphatic rings. The lowest BCUT2D eigenvalue weighted by atomic mass is 9.89. The zero-order chi connectivity index (χ0) is 20.0. The molecule has 0 unspecified atom stereocenters. The molecule has 0 radical (unpaired) electrons. The van der Waals surface area contributed by atoms with Crippen molar-refractivity contribution in [3.63, 3.8) is 0 Å². The first kappa shape index (κ1) is 18.1. The first-order chi connectivity index (χ1) is 14.0. The van der Waals surface area contributed by atoms with Gasteiger partial charge in [-0.2, -0.15) is 10.2 Å². The normalized spacial score (nSPS) is 16.0. The van der Waals surface area contributed by atoms with E-state index in [2.05, 4.69) is 58.3 Å². The number of aryl methyl sites for hydroxylation is 2. The maximum atomic E-state index is 4.89. The second kappa shape index (κ2) is 6.83. The molecule has 0 amide bonds. The van der Waals surface area contributed by atoms with Gasteiger partial charge >= 0.3 is 0 Å². The molecule has 29 heavy (non-hydrogen) atoms. The number of aromatic nitrogens is 5. The topological polar surface area (TPSA) is 48.5 Å². The second-order valence-corrected chi connectivity index (χ2v) is 8.87. The Morgan fingerprint density at radius 1 is 1.03 bits per heavy atom. The lowest BCUT2D eigenvalue weighted by Crippen LogP contribution is -2.19. The van der Waals surface area contributed by atoms with Crippen LogP contribution in [-0.2, 0) is 13.6 Å². The van der Waals surface area contributed by atoms with Crippen molar-refractivity contribution in [1.29, 1.82) is 0 Å². The van der Waals surface area contributed by atoms with E-state index >= 15 is 0 Å². The van der Waals surface area contributed by atoms with Crippen molar-refractivity contribution in [1.82, 2.24) is 24.5 Å². The van der Waals surface area contributed by atoms with E-state index in [1.165, 1.54) is 25.7 Å². The predicted octanol–water partition coefficient (Wildman–Crippen LogP) is 5.39. The minimum atomic E-state index is 0.377. The summed E-state index contributed by atoms with van der Waals surface area (Å²) in [5.74, 6) is 0. The molecule has 5 rings (SSSR count). The Morgan fingerprint density at radius 3 is 2.69 bits per heavy atom. The van der Waals surface area contributed by atoms with Crippen LogP contribution in [0.15, 0.2) is 48.9 Å². The standard InChI is InChI=1S/C24H27N5/c1-17-6-9-21(20-13-25-29(15-20)16-24(2)10-4-5-11-24)23(26-17)18-7-8-19-14-28(3)27-22(19)12-18/h6-9,12-15H,4-5,10-11,16H2,1-3H3. The van der Waals surface area contributed by atoms with Crippen molar-refractivity contribution in [2.24, 2.45) is 12.5 Å². The van der Waals surface area contributed by atoms with Gasteiger partial charge in [-0.05, 0) is 37.3 Å². The Morgan fingerprint density at radius 2 is 1.86 bits per heavy atom. The van der Waals surface area contributed by atoms with Gasteiger partial charge in [-0.3, -0.25) is 14.3 Å². The summed E-state index contributed by atoms with van der Waals surface area (Å²) in [7, 11) is 1.95. The average Bonchev–Trinajstić information content (AvgIpc) is 3.41. The molecule has 0 saturated heterocycles. The SMILES string of the molecule is Cc1ccc(-c2cnn(CC3(C)CCCC3)c2)c(-c2ccc3cn(C)nc3c2)n1. The van der Waals surface area contributed by atoms with E-state index in [-0.39, 0.29) is 0 Å². The molecule has 1 aromatic carbocycles. The lowest BCUT2D eigenvalue weighted by molar-refractivity contribution is 0.268. The monoisotopic (exact) mass is 385 g/mol. The molecule has 0 spiro atoms. The van der Waals surface area contributed by atoms with E-state index in [0.717, 1.165) is 45.5 Å². The second-order valence-electron chi connectivity index (χ2n) is 8.87. The minimum Gasteiger partial charge on any atom is -0.275 e. The van der Waals surface area contributed by atoms with Gasteiger partial charge in [0.15, 0.2) is 0 Å². The highest BCUT2D eigenvalue weighted by Gasteiger charge is 2.29. The molecule has 5 heteroatoms. The zero-order valence-electron chi connectivity index (χ0n) is 17.4. The van der Waals surface area contributed by atoms with Crippen molar-refractivity contribution in [3.05, 3.63) is 54.6 Å². The fourth-order valence-electron chi connectivity index (χ4n) is 4.66. The van der Waals surface area contributed by atoms with Gasteiger partial charge in [0.1, 0.15) is 0 Å². The molecule has 1 saturated carbocycles. The van der Waals surface area contributed by atoms with Crippen LogP contribution < -0.4 is 0 Å². The minimum absolute atomic E-state index is 0.377. The molecule has 4 aromatic rings. The summed E-state index contributed by atoms with van der Waals surface area (Å²) >= 11 is 0. The molecule has 148 valence electrons. The van der Waals surface area contributed by atoms with Gasteiger partial charge < -0.3 is 0 Å². The lowest BCUT2D eigenvalue weighted by Gasteiger charge is -2.22. The molecule has 5 nitrogen and oxygen atoms in total. The van der Waals surface area contributed by atoms with Crippen LogP contribution in [0, 0.1) is 12.3 Å². The van der Waals surface area contributed by atoms with Gasteiger partial charge in [0.2, 0.25) is 0 Å². The van der Waals surface area contributed by atoms with Crippen LogP contribution in [0.5, 0.6) is 0 Å². The van der Waals surface area contributed by atoms with Crippen molar-refractivity contribution in [3.8, 4) is 22.4 Å². The van der Waals surface area contributed by atoms with Crippen LogP contribution in [0.25, 0.3) is 33.3 Å². The van der Waals surface area contributed by atoms with Crippen LogP contribution in [0.3, 0.4) is 0 Å². The molecular weight excluding hydrogens is 358 g/mol. The Bertz CT molecular complexity index is 1180. The summed E-state index contributed by atoms with van der Waals surface area (Å²) < 4.78 is 3.97. The van der Waals surface area contributed by atoms with E-state index in [9.17, 15) is 0 Å². The molecule has 0 bridgehead atoms. The number of fused-ring (bicyclic) bond motifs is 1. The van der Waals surface area contributed by atoms with Crippen molar-refractivity contribution < 1.29 is 0 Å². The average molecular weight is 386 g/mol. The van der Waals surface area contributed by atoms with Crippen molar-refractivity contribution in [2.45, 2.75) is 46.1 Å². The third-order valence-electron chi connectivity index (χ3n) is 6.23. The van der Waals surface area contributed by atoms with Crippen molar-refractivity contribution >= 4 is 10.9 Å².